The van der Waals surface area contributed by atoms with Crippen LogP contribution in [0.15, 0.2) is 29.1 Å². The maximum Gasteiger partial charge on any atom is 0.283 e. The van der Waals surface area contributed by atoms with E-state index in [4.69, 9.17) is 4.42 Å². The van der Waals surface area contributed by atoms with Crippen molar-refractivity contribution in [2.24, 2.45) is 0 Å². The summed E-state index contributed by atoms with van der Waals surface area (Å²) in [5, 5.41) is 11.2. The first-order chi connectivity index (χ1) is 6.18. The molecule has 0 radical (unpaired) electrons. The first-order valence-electron chi connectivity index (χ1n) is 3.48. The molecule has 0 unspecified atom stereocenters. The zero-order valence-electron chi connectivity index (χ0n) is 6.36. The fourth-order valence-corrected chi connectivity index (χ4v) is 1.18. The van der Waals surface area contributed by atoms with E-state index in [-0.39, 0.29) is 5.69 Å². The van der Waals surface area contributed by atoms with Crippen molar-refractivity contribution in [2.45, 2.75) is 0 Å². The van der Waals surface area contributed by atoms with E-state index in [1.165, 1.54) is 18.6 Å². The number of non-ortho nitro benzene ring substituents is 1. The number of nitro benzene ring substituents is 1. The Morgan fingerprint density at radius 2 is 2.15 bits per heavy atom. The second kappa shape index (κ2) is 2.55. The largest absolute Gasteiger partial charge is 0.471 e. The van der Waals surface area contributed by atoms with Gasteiger partial charge in [0, 0.05) is 5.39 Å². The molecule has 2 aromatic rings. The van der Waals surface area contributed by atoms with Gasteiger partial charge in [-0.1, -0.05) is 0 Å². The van der Waals surface area contributed by atoms with Gasteiger partial charge in [0.1, 0.15) is 12.1 Å². The molecule has 0 aliphatic heterocycles. The fraction of sp³-hybridized carbons (Fsp3) is 0. The Hall–Kier alpha value is -1.91. The molecule has 0 atom stereocenters. The van der Waals surface area contributed by atoms with Crippen LogP contribution in [-0.2, 0) is 0 Å². The predicted molar refractivity (Wildman–Crippen MR) is 42.8 cm³/mol. The van der Waals surface area contributed by atoms with Crippen LogP contribution in [0.3, 0.4) is 0 Å². The average molecular weight is 181 g/mol. The fourth-order valence-electron chi connectivity index (χ4n) is 1.18. The lowest BCUT2D eigenvalue weighted by Gasteiger charge is -1.92. The summed E-state index contributed by atoms with van der Waals surface area (Å²) in [6.07, 6.45) is 2.50. The summed E-state index contributed by atoms with van der Waals surface area (Å²) < 4.78 is 17.5. The molecule has 13 heavy (non-hydrogen) atoms. The molecule has 1 aromatic heterocycles. The van der Waals surface area contributed by atoms with Gasteiger partial charge >= 0.3 is 0 Å². The molecule has 0 saturated heterocycles. The summed E-state index contributed by atoms with van der Waals surface area (Å²) in [6.45, 7) is 0. The number of nitro groups is 1. The van der Waals surface area contributed by atoms with E-state index in [1.54, 1.807) is 0 Å². The Kier molecular flexibility index (Phi) is 1.51. The van der Waals surface area contributed by atoms with E-state index < -0.39 is 10.7 Å². The van der Waals surface area contributed by atoms with E-state index in [1.807, 2.05) is 0 Å². The molecule has 0 saturated carbocycles. The van der Waals surface area contributed by atoms with Gasteiger partial charge in [0.2, 0.25) is 0 Å². The maximum absolute atomic E-state index is 12.8. The lowest BCUT2D eigenvalue weighted by molar-refractivity contribution is -0.383. The van der Waals surface area contributed by atoms with Crippen LogP contribution in [0, 0.1) is 15.9 Å². The Morgan fingerprint density at radius 3 is 2.85 bits per heavy atom. The van der Waals surface area contributed by atoms with Gasteiger partial charge in [-0.05, 0) is 6.07 Å². The van der Waals surface area contributed by atoms with Crippen LogP contribution in [0.4, 0.5) is 10.1 Å². The molecule has 0 amide bonds. The molecule has 0 N–H and O–H groups in total. The number of halogens is 1. The number of rotatable bonds is 1. The number of hydrogen-bond donors (Lipinski definition) is 0. The normalized spacial score (nSPS) is 10.5. The lowest BCUT2D eigenvalue weighted by Crippen LogP contribution is -1.89. The molecule has 5 heteroatoms. The maximum atomic E-state index is 12.8. The molecule has 66 valence electrons. The van der Waals surface area contributed by atoms with Crippen molar-refractivity contribution in [1.29, 1.82) is 0 Å². The van der Waals surface area contributed by atoms with Crippen LogP contribution in [-0.4, -0.2) is 4.92 Å². The number of furan rings is 1. The molecule has 0 aliphatic carbocycles. The van der Waals surface area contributed by atoms with E-state index in [0.717, 1.165) is 6.07 Å². The first kappa shape index (κ1) is 7.72. The Labute approximate surface area is 71.7 Å². The van der Waals surface area contributed by atoms with Crippen molar-refractivity contribution in [1.82, 2.24) is 0 Å². The molecule has 0 spiro atoms. The third-order valence-corrected chi connectivity index (χ3v) is 1.73. The average Bonchev–Trinajstić information content (AvgIpc) is 2.49. The highest BCUT2D eigenvalue weighted by atomic mass is 19.1. The summed E-state index contributed by atoms with van der Waals surface area (Å²) in [5.41, 5.74) is -0.274. The molecular formula is C8H4FNO3. The monoisotopic (exact) mass is 181 g/mol. The molecule has 0 bridgehead atoms. The summed E-state index contributed by atoms with van der Waals surface area (Å²) in [6, 6.07) is 2.06. The highest BCUT2D eigenvalue weighted by Gasteiger charge is 2.14. The third-order valence-electron chi connectivity index (χ3n) is 1.73. The van der Waals surface area contributed by atoms with Gasteiger partial charge in [0.05, 0.1) is 22.6 Å². The van der Waals surface area contributed by atoms with Crippen molar-refractivity contribution in [3.8, 4) is 0 Å². The number of benzene rings is 1. The first-order valence-corrected chi connectivity index (χ1v) is 3.48. The van der Waals surface area contributed by atoms with Crippen molar-refractivity contribution in [3.63, 3.8) is 0 Å². The van der Waals surface area contributed by atoms with Gasteiger partial charge in [0.15, 0.2) is 0 Å². The molecule has 2 rings (SSSR count). The van der Waals surface area contributed by atoms with Crippen LogP contribution >= 0.6 is 0 Å². The second-order valence-electron chi connectivity index (χ2n) is 2.56. The number of hydrogen-bond acceptors (Lipinski definition) is 3. The minimum atomic E-state index is -0.638. The van der Waals surface area contributed by atoms with Crippen LogP contribution in [0.1, 0.15) is 0 Å². The third kappa shape index (κ3) is 1.14. The number of fused-ring (bicyclic) bond motifs is 1. The zero-order valence-corrected chi connectivity index (χ0v) is 6.36. The van der Waals surface area contributed by atoms with Gasteiger partial charge in [-0.3, -0.25) is 10.1 Å². The SMILES string of the molecule is O=[N+]([O-])c1cc(F)cc2cocc12. The predicted octanol–water partition coefficient (Wildman–Crippen LogP) is 2.48. The standard InChI is InChI=1S/C8H4FNO3/c9-6-1-5-3-13-4-7(5)8(2-6)10(11)12/h1-4H. The number of nitrogens with zero attached hydrogens (tertiary/aromatic N) is 1. The van der Waals surface area contributed by atoms with Gasteiger partial charge in [-0.2, -0.15) is 0 Å². The van der Waals surface area contributed by atoms with Gasteiger partial charge in [0.25, 0.3) is 5.69 Å². The molecular weight excluding hydrogens is 177 g/mol. The smallest absolute Gasteiger partial charge is 0.283 e. The second-order valence-corrected chi connectivity index (χ2v) is 2.56. The molecule has 1 heterocycles. The lowest BCUT2D eigenvalue weighted by atomic mass is 10.2. The Morgan fingerprint density at radius 1 is 1.38 bits per heavy atom. The molecule has 0 aliphatic rings. The highest BCUT2D eigenvalue weighted by molar-refractivity contribution is 5.89. The van der Waals surface area contributed by atoms with Crippen LogP contribution in [0.5, 0.6) is 0 Å². The summed E-state index contributed by atoms with van der Waals surface area (Å²) in [7, 11) is 0. The van der Waals surface area contributed by atoms with E-state index in [9.17, 15) is 14.5 Å². The van der Waals surface area contributed by atoms with E-state index in [2.05, 4.69) is 0 Å². The van der Waals surface area contributed by atoms with Gasteiger partial charge in [-0.15, -0.1) is 0 Å². The van der Waals surface area contributed by atoms with E-state index >= 15 is 0 Å². The van der Waals surface area contributed by atoms with Crippen molar-refractivity contribution in [3.05, 3.63) is 40.6 Å². The minimum Gasteiger partial charge on any atom is -0.471 e. The van der Waals surface area contributed by atoms with Crippen LogP contribution < -0.4 is 0 Å². The highest BCUT2D eigenvalue weighted by Crippen LogP contribution is 2.27. The molecule has 4 nitrogen and oxygen atoms in total. The quantitative estimate of drug-likeness (QED) is 0.501. The Balaban J connectivity index is 2.84. The van der Waals surface area contributed by atoms with Gasteiger partial charge in [-0.25, -0.2) is 4.39 Å². The van der Waals surface area contributed by atoms with Crippen LogP contribution in [0.2, 0.25) is 0 Å². The zero-order chi connectivity index (χ0) is 9.42. The molecule has 0 fully saturated rings. The molecule has 1 aromatic carbocycles. The van der Waals surface area contributed by atoms with Crippen molar-refractivity contribution < 1.29 is 13.7 Å². The summed E-state index contributed by atoms with van der Waals surface area (Å²) in [5.74, 6) is -0.638. The Bertz CT molecular complexity index is 477. The van der Waals surface area contributed by atoms with Crippen LogP contribution in [0.25, 0.3) is 10.8 Å². The summed E-state index contributed by atoms with van der Waals surface area (Å²) in [4.78, 5) is 9.82. The summed E-state index contributed by atoms with van der Waals surface area (Å²) >= 11 is 0. The van der Waals surface area contributed by atoms with Crippen molar-refractivity contribution >= 4 is 16.5 Å². The topological polar surface area (TPSA) is 56.3 Å². The van der Waals surface area contributed by atoms with E-state index in [0.29, 0.717) is 10.8 Å². The van der Waals surface area contributed by atoms with Crippen molar-refractivity contribution in [2.75, 3.05) is 0 Å². The van der Waals surface area contributed by atoms with Gasteiger partial charge < -0.3 is 4.42 Å². The minimum absolute atomic E-state index is 0.274.